The minimum Gasteiger partial charge on any atom is -0.382 e. The second kappa shape index (κ2) is 6.75. The molecule has 2 aromatic rings. The first kappa shape index (κ1) is 16.2. The number of ether oxygens (including phenoxy) is 1. The number of benzene rings is 1. The third-order valence-corrected chi connectivity index (χ3v) is 4.23. The highest BCUT2D eigenvalue weighted by molar-refractivity contribution is 6.35. The second-order valence-corrected chi connectivity index (χ2v) is 5.83. The van der Waals surface area contributed by atoms with Crippen molar-refractivity contribution in [2.24, 2.45) is 0 Å². The van der Waals surface area contributed by atoms with Gasteiger partial charge < -0.3 is 9.84 Å². The van der Waals surface area contributed by atoms with Crippen molar-refractivity contribution in [3.8, 4) is 0 Å². The van der Waals surface area contributed by atoms with E-state index in [4.69, 9.17) is 27.9 Å². The van der Waals surface area contributed by atoms with Gasteiger partial charge in [-0.3, -0.25) is 4.98 Å². The lowest BCUT2D eigenvalue weighted by atomic mass is 9.79. The van der Waals surface area contributed by atoms with E-state index in [1.807, 2.05) is 19.1 Å². The Hall–Kier alpha value is -1.13. The third-order valence-electron chi connectivity index (χ3n) is 3.67. The average molecular weight is 326 g/mol. The molecule has 2 rings (SSSR count). The van der Waals surface area contributed by atoms with Gasteiger partial charge in [-0.1, -0.05) is 42.3 Å². The van der Waals surface area contributed by atoms with Crippen molar-refractivity contribution in [2.75, 3.05) is 13.7 Å². The van der Waals surface area contributed by atoms with Crippen LogP contribution in [0.3, 0.4) is 0 Å². The Morgan fingerprint density at radius 1 is 1.33 bits per heavy atom. The number of pyridine rings is 1. The maximum atomic E-state index is 11.1. The summed E-state index contributed by atoms with van der Waals surface area (Å²) in [5.74, 6) is -0.286. The van der Waals surface area contributed by atoms with Gasteiger partial charge in [-0.15, -0.1) is 0 Å². The number of hydrogen-bond donors (Lipinski definition) is 1. The van der Waals surface area contributed by atoms with Gasteiger partial charge in [-0.05, 0) is 23.8 Å². The molecular weight excluding hydrogens is 309 g/mol. The van der Waals surface area contributed by atoms with Crippen LogP contribution in [0.4, 0.5) is 0 Å². The summed E-state index contributed by atoms with van der Waals surface area (Å²) in [7, 11) is 1.55. The van der Waals surface area contributed by atoms with Crippen LogP contribution < -0.4 is 0 Å². The zero-order valence-corrected chi connectivity index (χ0v) is 13.4. The molecule has 0 aliphatic rings. The van der Waals surface area contributed by atoms with E-state index in [2.05, 4.69) is 4.98 Å². The molecule has 1 aromatic carbocycles. The van der Waals surface area contributed by atoms with Crippen LogP contribution >= 0.6 is 23.2 Å². The molecule has 0 radical (unpaired) electrons. The van der Waals surface area contributed by atoms with Gasteiger partial charge >= 0.3 is 0 Å². The molecule has 2 atom stereocenters. The predicted octanol–water partition coefficient (Wildman–Crippen LogP) is 4.03. The van der Waals surface area contributed by atoms with Gasteiger partial charge in [-0.2, -0.15) is 0 Å². The number of methoxy groups -OCH3 is 1. The Morgan fingerprint density at radius 2 is 2.10 bits per heavy atom. The van der Waals surface area contributed by atoms with E-state index in [0.29, 0.717) is 15.6 Å². The van der Waals surface area contributed by atoms with Crippen molar-refractivity contribution >= 4 is 23.2 Å². The first-order valence-electron chi connectivity index (χ1n) is 6.56. The second-order valence-electron chi connectivity index (χ2n) is 4.99. The van der Waals surface area contributed by atoms with Crippen LogP contribution in [0.5, 0.6) is 0 Å². The largest absolute Gasteiger partial charge is 0.382 e. The summed E-state index contributed by atoms with van der Waals surface area (Å²) in [5.41, 5.74) is 0.273. The highest BCUT2D eigenvalue weighted by Gasteiger charge is 2.38. The van der Waals surface area contributed by atoms with Gasteiger partial charge in [0, 0.05) is 41.0 Å². The smallest absolute Gasteiger partial charge is 0.121 e. The summed E-state index contributed by atoms with van der Waals surface area (Å²) < 4.78 is 5.22. The monoisotopic (exact) mass is 325 g/mol. The molecular formula is C16H17Cl2NO2. The fourth-order valence-corrected chi connectivity index (χ4v) is 2.98. The normalized spacial score (nSPS) is 15.5. The van der Waals surface area contributed by atoms with E-state index in [1.54, 1.807) is 37.7 Å². The van der Waals surface area contributed by atoms with E-state index in [0.717, 1.165) is 5.56 Å². The summed E-state index contributed by atoms with van der Waals surface area (Å²) >= 11 is 12.2. The lowest BCUT2D eigenvalue weighted by Crippen LogP contribution is -2.37. The van der Waals surface area contributed by atoms with E-state index in [1.165, 1.54) is 0 Å². The molecule has 0 aliphatic carbocycles. The van der Waals surface area contributed by atoms with Gasteiger partial charge in [0.2, 0.25) is 0 Å². The van der Waals surface area contributed by atoms with Crippen LogP contribution in [0.25, 0.3) is 0 Å². The number of aliphatic hydroxyl groups is 1. The summed E-state index contributed by atoms with van der Waals surface area (Å²) in [6, 6.07) is 8.87. The van der Waals surface area contributed by atoms with E-state index in [-0.39, 0.29) is 12.5 Å². The standard InChI is InChI=1S/C16H17Cl2NO2/c1-11(14-6-5-13(17)8-15(14)18)16(20,10-21-2)12-4-3-7-19-9-12/h3-9,11,20H,10H2,1-2H3. The van der Waals surface area contributed by atoms with E-state index >= 15 is 0 Å². The van der Waals surface area contributed by atoms with Crippen molar-refractivity contribution in [1.82, 2.24) is 4.98 Å². The van der Waals surface area contributed by atoms with Crippen molar-refractivity contribution < 1.29 is 9.84 Å². The lowest BCUT2D eigenvalue weighted by Gasteiger charge is -2.34. The van der Waals surface area contributed by atoms with Gasteiger partial charge in [0.15, 0.2) is 0 Å². The fourth-order valence-electron chi connectivity index (χ4n) is 2.41. The van der Waals surface area contributed by atoms with Crippen molar-refractivity contribution in [2.45, 2.75) is 18.4 Å². The predicted molar refractivity (Wildman–Crippen MR) is 84.9 cm³/mol. The maximum Gasteiger partial charge on any atom is 0.121 e. The highest BCUT2D eigenvalue weighted by Crippen LogP contribution is 2.40. The summed E-state index contributed by atoms with van der Waals surface area (Å²) in [4.78, 5) is 4.08. The Kier molecular flexibility index (Phi) is 5.22. The SMILES string of the molecule is COCC(O)(c1cccnc1)C(C)c1ccc(Cl)cc1Cl. The molecule has 0 fully saturated rings. The molecule has 1 aromatic heterocycles. The fraction of sp³-hybridized carbons (Fsp3) is 0.312. The summed E-state index contributed by atoms with van der Waals surface area (Å²) in [5, 5.41) is 12.2. The number of nitrogens with zero attached hydrogens (tertiary/aromatic N) is 1. The quantitative estimate of drug-likeness (QED) is 0.902. The molecule has 0 saturated heterocycles. The Labute approximate surface area is 134 Å². The van der Waals surface area contributed by atoms with E-state index < -0.39 is 5.60 Å². The Balaban J connectivity index is 2.46. The third kappa shape index (κ3) is 3.38. The van der Waals surface area contributed by atoms with Crippen LogP contribution in [-0.2, 0) is 10.3 Å². The number of aromatic nitrogens is 1. The van der Waals surface area contributed by atoms with Crippen molar-refractivity contribution in [3.63, 3.8) is 0 Å². The molecule has 0 amide bonds. The van der Waals surface area contributed by atoms with Crippen LogP contribution in [-0.4, -0.2) is 23.8 Å². The van der Waals surface area contributed by atoms with E-state index in [9.17, 15) is 5.11 Å². The molecule has 2 unspecified atom stereocenters. The minimum atomic E-state index is -1.22. The first-order valence-corrected chi connectivity index (χ1v) is 7.31. The molecule has 1 heterocycles. The highest BCUT2D eigenvalue weighted by atomic mass is 35.5. The average Bonchev–Trinajstić information content (AvgIpc) is 2.47. The van der Waals surface area contributed by atoms with Crippen LogP contribution in [0, 0.1) is 0 Å². The molecule has 0 saturated carbocycles. The minimum absolute atomic E-state index is 0.138. The van der Waals surface area contributed by atoms with Gasteiger partial charge in [0.1, 0.15) is 5.60 Å². The molecule has 0 bridgehead atoms. The van der Waals surface area contributed by atoms with Gasteiger partial charge in [0.05, 0.1) is 6.61 Å². The lowest BCUT2D eigenvalue weighted by molar-refractivity contribution is -0.0533. The maximum absolute atomic E-state index is 11.1. The van der Waals surface area contributed by atoms with Gasteiger partial charge in [0.25, 0.3) is 0 Å². The van der Waals surface area contributed by atoms with Crippen molar-refractivity contribution in [1.29, 1.82) is 0 Å². The molecule has 1 N–H and O–H groups in total. The zero-order valence-electron chi connectivity index (χ0n) is 11.9. The van der Waals surface area contributed by atoms with Crippen LogP contribution in [0.15, 0.2) is 42.7 Å². The Morgan fingerprint density at radius 3 is 2.67 bits per heavy atom. The van der Waals surface area contributed by atoms with Crippen molar-refractivity contribution in [3.05, 3.63) is 63.9 Å². The zero-order chi connectivity index (χ0) is 15.5. The number of halogens is 2. The van der Waals surface area contributed by atoms with Gasteiger partial charge in [-0.25, -0.2) is 0 Å². The van der Waals surface area contributed by atoms with Crippen LogP contribution in [0.1, 0.15) is 24.0 Å². The molecule has 3 nitrogen and oxygen atoms in total. The first-order chi connectivity index (χ1) is 9.99. The molecule has 5 heteroatoms. The Bertz CT molecular complexity index is 606. The molecule has 21 heavy (non-hydrogen) atoms. The van der Waals surface area contributed by atoms with Crippen LogP contribution in [0.2, 0.25) is 10.0 Å². The summed E-state index contributed by atoms with van der Waals surface area (Å²) in [6.45, 7) is 2.04. The molecule has 0 aliphatic heterocycles. The number of hydrogen-bond acceptors (Lipinski definition) is 3. The topological polar surface area (TPSA) is 42.4 Å². The molecule has 112 valence electrons. The molecule has 0 spiro atoms. The summed E-state index contributed by atoms with van der Waals surface area (Å²) in [6.07, 6.45) is 3.30. The number of rotatable bonds is 5.